The van der Waals surface area contributed by atoms with E-state index in [9.17, 15) is 9.59 Å². The van der Waals surface area contributed by atoms with E-state index in [4.69, 9.17) is 11.6 Å². The molecule has 1 atom stereocenters. The van der Waals surface area contributed by atoms with Crippen molar-refractivity contribution in [3.05, 3.63) is 53.3 Å². The zero-order valence-electron chi connectivity index (χ0n) is 16.7. The number of nitrogens with one attached hydrogen (secondary N) is 1. The second-order valence-electron chi connectivity index (χ2n) is 8.58. The summed E-state index contributed by atoms with van der Waals surface area (Å²) >= 11 is 6.07. The van der Waals surface area contributed by atoms with Crippen molar-refractivity contribution in [2.24, 2.45) is 10.8 Å². The van der Waals surface area contributed by atoms with Crippen LogP contribution in [0, 0.1) is 10.8 Å². The molecule has 0 aliphatic carbocycles. The first-order valence-corrected chi connectivity index (χ1v) is 10.8. The molecule has 1 N–H and O–H groups in total. The van der Waals surface area contributed by atoms with Crippen LogP contribution in [0.4, 0.5) is 5.95 Å². The molecule has 2 spiro atoms. The summed E-state index contributed by atoms with van der Waals surface area (Å²) in [7, 11) is 0. The van der Waals surface area contributed by atoms with Crippen molar-refractivity contribution in [1.82, 2.24) is 20.2 Å². The van der Waals surface area contributed by atoms with Crippen LogP contribution in [-0.4, -0.2) is 59.4 Å². The maximum absolute atomic E-state index is 13.0. The van der Waals surface area contributed by atoms with Gasteiger partial charge in [0.25, 0.3) is 5.91 Å². The number of hydrogen-bond donors (Lipinski definition) is 1. The monoisotopic (exact) mass is 425 g/mol. The zero-order valence-corrected chi connectivity index (χ0v) is 17.4. The largest absolute Gasteiger partial charge is 0.356 e. The Hall–Kier alpha value is -2.67. The van der Waals surface area contributed by atoms with E-state index < -0.39 is 5.41 Å². The first kappa shape index (κ1) is 19.3. The summed E-state index contributed by atoms with van der Waals surface area (Å²) in [5.41, 5.74) is -0.0209. The van der Waals surface area contributed by atoms with Gasteiger partial charge in [-0.25, -0.2) is 9.97 Å². The number of piperidine rings is 1. The summed E-state index contributed by atoms with van der Waals surface area (Å²) in [6.45, 7) is 3.33. The summed E-state index contributed by atoms with van der Waals surface area (Å²) in [5, 5.41) is 3.62. The van der Waals surface area contributed by atoms with Crippen molar-refractivity contribution >= 4 is 29.4 Å². The van der Waals surface area contributed by atoms with Gasteiger partial charge in [0.2, 0.25) is 11.9 Å². The maximum atomic E-state index is 13.0. The number of fused-ring (bicyclic) bond motifs is 1. The summed E-state index contributed by atoms with van der Waals surface area (Å²) in [5.74, 6) is 0.806. The molecule has 3 fully saturated rings. The molecule has 3 saturated heterocycles. The van der Waals surface area contributed by atoms with Gasteiger partial charge in [0.15, 0.2) is 0 Å². The highest BCUT2D eigenvalue weighted by Crippen LogP contribution is 2.56. The van der Waals surface area contributed by atoms with Crippen LogP contribution in [0.15, 0.2) is 42.7 Å². The lowest BCUT2D eigenvalue weighted by molar-refractivity contribution is -0.133. The van der Waals surface area contributed by atoms with Crippen molar-refractivity contribution in [1.29, 1.82) is 0 Å². The SMILES string of the molecule is O=C(c1cccc(Cl)c1)N1CCC2(CC1)CN(c1ncccn1)C[C@]21CCNC1=O. The van der Waals surface area contributed by atoms with Gasteiger partial charge < -0.3 is 15.1 Å². The van der Waals surface area contributed by atoms with E-state index in [0.29, 0.717) is 42.7 Å². The molecule has 1 aromatic heterocycles. The minimum atomic E-state index is -0.447. The number of carbonyl (C=O) groups excluding carboxylic acids is 2. The van der Waals surface area contributed by atoms with Gasteiger partial charge >= 0.3 is 0 Å². The molecule has 1 aromatic carbocycles. The summed E-state index contributed by atoms with van der Waals surface area (Å²) in [6.07, 6.45) is 5.87. The lowest BCUT2D eigenvalue weighted by Gasteiger charge is -2.46. The zero-order chi connectivity index (χ0) is 20.8. The fourth-order valence-corrected chi connectivity index (χ4v) is 5.76. The van der Waals surface area contributed by atoms with Crippen molar-refractivity contribution in [2.45, 2.75) is 19.3 Å². The number of aromatic nitrogens is 2. The minimum Gasteiger partial charge on any atom is -0.356 e. The molecule has 5 rings (SSSR count). The predicted molar refractivity (Wildman–Crippen MR) is 113 cm³/mol. The number of halogens is 1. The number of anilines is 1. The van der Waals surface area contributed by atoms with Crippen LogP contribution >= 0.6 is 11.6 Å². The Morgan fingerprint density at radius 2 is 1.83 bits per heavy atom. The molecule has 2 amide bonds. The van der Waals surface area contributed by atoms with Crippen molar-refractivity contribution in [3.63, 3.8) is 0 Å². The summed E-state index contributed by atoms with van der Waals surface area (Å²) in [6, 6.07) is 8.88. The number of carbonyl (C=O) groups is 2. The van der Waals surface area contributed by atoms with E-state index in [0.717, 1.165) is 25.8 Å². The number of hydrogen-bond acceptors (Lipinski definition) is 5. The normalized spacial score (nSPS) is 25.2. The second kappa shape index (κ2) is 7.23. The Balaban J connectivity index is 1.39. The van der Waals surface area contributed by atoms with E-state index >= 15 is 0 Å². The van der Waals surface area contributed by atoms with Crippen LogP contribution in [-0.2, 0) is 4.79 Å². The van der Waals surface area contributed by atoms with E-state index in [1.165, 1.54) is 0 Å². The molecule has 0 saturated carbocycles. The number of amides is 2. The molecular weight excluding hydrogens is 402 g/mol. The van der Waals surface area contributed by atoms with Gasteiger partial charge in [0.05, 0.1) is 5.41 Å². The van der Waals surface area contributed by atoms with Gasteiger partial charge in [-0.1, -0.05) is 17.7 Å². The van der Waals surface area contributed by atoms with E-state index in [2.05, 4.69) is 20.2 Å². The van der Waals surface area contributed by atoms with Crippen LogP contribution < -0.4 is 10.2 Å². The molecule has 0 radical (unpaired) electrons. The van der Waals surface area contributed by atoms with Crippen molar-refractivity contribution < 1.29 is 9.59 Å². The molecule has 8 heteroatoms. The third-order valence-electron chi connectivity index (χ3n) is 7.16. The van der Waals surface area contributed by atoms with Gasteiger partial charge in [-0.2, -0.15) is 0 Å². The fraction of sp³-hybridized carbons (Fsp3) is 0.455. The Labute approximate surface area is 180 Å². The summed E-state index contributed by atoms with van der Waals surface area (Å²) < 4.78 is 0. The highest BCUT2D eigenvalue weighted by atomic mass is 35.5. The van der Waals surface area contributed by atoms with Crippen molar-refractivity contribution in [2.75, 3.05) is 37.6 Å². The summed E-state index contributed by atoms with van der Waals surface area (Å²) in [4.78, 5) is 38.9. The van der Waals surface area contributed by atoms with E-state index in [1.54, 1.807) is 42.7 Å². The molecule has 0 bridgehead atoms. The Morgan fingerprint density at radius 3 is 2.50 bits per heavy atom. The molecule has 7 nitrogen and oxygen atoms in total. The lowest BCUT2D eigenvalue weighted by atomic mass is 9.60. The molecule has 156 valence electrons. The molecule has 3 aliphatic heterocycles. The van der Waals surface area contributed by atoms with Gasteiger partial charge in [0, 0.05) is 61.1 Å². The molecule has 30 heavy (non-hydrogen) atoms. The molecule has 3 aliphatic rings. The first-order valence-electron chi connectivity index (χ1n) is 10.4. The van der Waals surface area contributed by atoms with Crippen LogP contribution in [0.25, 0.3) is 0 Å². The van der Waals surface area contributed by atoms with Crippen LogP contribution in [0.3, 0.4) is 0 Å². The highest BCUT2D eigenvalue weighted by Gasteiger charge is 2.64. The molecule has 0 unspecified atom stereocenters. The fourth-order valence-electron chi connectivity index (χ4n) is 5.57. The predicted octanol–water partition coefficient (Wildman–Crippen LogP) is 2.38. The van der Waals surface area contributed by atoms with Crippen LogP contribution in [0.5, 0.6) is 0 Å². The quantitative estimate of drug-likeness (QED) is 0.799. The van der Waals surface area contributed by atoms with Gasteiger partial charge in [-0.05, 0) is 43.5 Å². The number of benzene rings is 1. The highest BCUT2D eigenvalue weighted by molar-refractivity contribution is 6.30. The standard InChI is InChI=1S/C22H24ClN5O2/c23-17-4-1-3-16(13-17)18(29)27-11-6-21(7-12-27)14-28(20-25-8-2-9-26-20)15-22(21)5-10-24-19(22)30/h1-4,8-9,13H,5-7,10-12,14-15H2,(H,24,30)/t22-/m0/s1. The van der Waals surface area contributed by atoms with Gasteiger partial charge in [-0.15, -0.1) is 0 Å². The topological polar surface area (TPSA) is 78.4 Å². The smallest absolute Gasteiger partial charge is 0.253 e. The first-order chi connectivity index (χ1) is 14.5. The Morgan fingerprint density at radius 1 is 1.07 bits per heavy atom. The second-order valence-corrected chi connectivity index (χ2v) is 9.01. The van der Waals surface area contributed by atoms with Crippen molar-refractivity contribution in [3.8, 4) is 0 Å². The average molecular weight is 426 g/mol. The van der Waals surface area contributed by atoms with Crippen LogP contribution in [0.1, 0.15) is 29.6 Å². The Kier molecular flexibility index (Phi) is 4.65. The number of likely N-dealkylation sites (tertiary alicyclic amines) is 1. The molecule has 4 heterocycles. The third-order valence-corrected chi connectivity index (χ3v) is 7.39. The van der Waals surface area contributed by atoms with Gasteiger partial charge in [-0.3, -0.25) is 9.59 Å². The Bertz CT molecular complexity index is 977. The minimum absolute atomic E-state index is 0.00137. The lowest BCUT2D eigenvalue weighted by Crippen LogP contribution is -2.53. The molecular formula is C22H24ClN5O2. The van der Waals surface area contributed by atoms with Gasteiger partial charge in [0.1, 0.15) is 0 Å². The van der Waals surface area contributed by atoms with Crippen LogP contribution in [0.2, 0.25) is 5.02 Å². The van der Waals surface area contributed by atoms with E-state index in [1.807, 2.05) is 4.90 Å². The number of nitrogens with zero attached hydrogens (tertiary/aromatic N) is 4. The number of rotatable bonds is 2. The maximum Gasteiger partial charge on any atom is 0.253 e. The third kappa shape index (κ3) is 2.95. The average Bonchev–Trinajstić information content (AvgIpc) is 3.30. The molecule has 2 aromatic rings. The van der Waals surface area contributed by atoms with E-state index in [-0.39, 0.29) is 17.2 Å².